The Morgan fingerprint density at radius 2 is 1.74 bits per heavy atom. The predicted molar refractivity (Wildman–Crippen MR) is 149 cm³/mol. The van der Waals surface area contributed by atoms with Gasteiger partial charge in [0.25, 0.3) is 0 Å². The highest BCUT2D eigenvalue weighted by molar-refractivity contribution is 5.89. The van der Waals surface area contributed by atoms with Gasteiger partial charge < -0.3 is 31.3 Å². The molecule has 1 aromatic heterocycles. The number of rotatable bonds is 7. The van der Waals surface area contributed by atoms with Gasteiger partial charge in [-0.1, -0.05) is 12.1 Å². The van der Waals surface area contributed by atoms with Crippen LogP contribution in [0, 0.1) is 0 Å². The Bertz CT molecular complexity index is 1200. The van der Waals surface area contributed by atoms with Crippen LogP contribution in [0.2, 0.25) is 0 Å². The molecule has 1 saturated carbocycles. The molecule has 12 nitrogen and oxygen atoms in total. The number of nitrogens with zero attached hydrogens (tertiary/aromatic N) is 4. The maximum Gasteiger partial charge on any atom is 0.354 e. The lowest BCUT2D eigenvalue weighted by molar-refractivity contribution is -0.137. The second kappa shape index (κ2) is 12.2. The Labute approximate surface area is 228 Å². The van der Waals surface area contributed by atoms with Gasteiger partial charge in [0.2, 0.25) is 5.91 Å². The summed E-state index contributed by atoms with van der Waals surface area (Å²) in [6.45, 7) is 5.58. The van der Waals surface area contributed by atoms with Gasteiger partial charge in [-0.3, -0.25) is 14.7 Å². The van der Waals surface area contributed by atoms with Crippen LogP contribution >= 0.6 is 0 Å². The quantitative estimate of drug-likeness (QED) is 0.398. The van der Waals surface area contributed by atoms with Crippen LogP contribution in [0.5, 0.6) is 0 Å². The van der Waals surface area contributed by atoms with E-state index in [0.717, 1.165) is 24.8 Å². The number of nitrogens with one attached hydrogen (secondary N) is 2. The Hall–Kier alpha value is -3.32. The molecule has 6 N–H and O–H groups in total. The number of piperazine rings is 1. The van der Waals surface area contributed by atoms with E-state index in [0.29, 0.717) is 44.5 Å². The maximum absolute atomic E-state index is 12.7. The van der Waals surface area contributed by atoms with Crippen molar-refractivity contribution in [3.05, 3.63) is 52.6 Å². The Balaban J connectivity index is 1.29. The van der Waals surface area contributed by atoms with Gasteiger partial charge in [-0.25, -0.2) is 9.59 Å². The summed E-state index contributed by atoms with van der Waals surface area (Å²) in [7, 11) is 1.71. The van der Waals surface area contributed by atoms with E-state index in [-0.39, 0.29) is 29.9 Å². The van der Waals surface area contributed by atoms with E-state index in [1.54, 1.807) is 43.0 Å². The number of urea groups is 1. The van der Waals surface area contributed by atoms with Gasteiger partial charge in [-0.2, -0.15) is 4.98 Å². The molecule has 1 aromatic carbocycles. The van der Waals surface area contributed by atoms with Crippen LogP contribution < -0.4 is 27.8 Å². The highest BCUT2D eigenvalue weighted by Gasteiger charge is 2.31. The minimum absolute atomic E-state index is 0.0793. The molecular formula is C27H40N8O4. The molecule has 39 heavy (non-hydrogen) atoms. The van der Waals surface area contributed by atoms with Crippen molar-refractivity contribution < 1.29 is 14.3 Å². The topological polar surface area (TPSA) is 161 Å². The lowest BCUT2D eigenvalue weighted by atomic mass is 9.89. The summed E-state index contributed by atoms with van der Waals surface area (Å²) in [6.07, 6.45) is 4.52. The zero-order valence-electron chi connectivity index (χ0n) is 22.9. The van der Waals surface area contributed by atoms with Crippen LogP contribution in [0.25, 0.3) is 5.69 Å². The van der Waals surface area contributed by atoms with Crippen molar-refractivity contribution in [3.8, 4) is 5.69 Å². The lowest BCUT2D eigenvalue weighted by Crippen LogP contribution is -2.58. The number of ether oxygens (including phenoxy) is 1. The Morgan fingerprint density at radius 3 is 2.36 bits per heavy atom. The fourth-order valence-corrected chi connectivity index (χ4v) is 5.02. The number of methoxy groups -OCH3 is 1. The standard InChI is InChI=1S/C27H40N8O4/c1-27(2,29)24(36)33-12-14-34(15-13-33)25(37)31-23-10-11-35(26(38)32-23)20-7-4-18(5-8-20)17-30-19-6-9-21(28)22(16-19)39-3/h4-5,7-8,10-11,19,21-22,30H,6,9,12-17,28-29H2,1-3H3,(H,31,32,37,38). The second-order valence-electron chi connectivity index (χ2n) is 10.9. The SMILES string of the molecule is COC1CC(NCc2ccc(-n3ccc(NC(=O)N4CCN(C(=O)C(C)(C)N)CC4)nc3=O)cc2)CCC1N. The Kier molecular flexibility index (Phi) is 9.01. The van der Waals surface area contributed by atoms with Gasteiger partial charge in [0.1, 0.15) is 5.82 Å². The molecule has 1 aliphatic carbocycles. The molecule has 2 heterocycles. The minimum atomic E-state index is -0.951. The third kappa shape index (κ3) is 7.21. The summed E-state index contributed by atoms with van der Waals surface area (Å²) in [5.74, 6) is 0.0250. The van der Waals surface area contributed by atoms with Gasteiger partial charge in [0, 0.05) is 58.1 Å². The van der Waals surface area contributed by atoms with Crippen molar-refractivity contribution >= 4 is 17.8 Å². The number of benzene rings is 1. The number of nitrogens with two attached hydrogens (primary N) is 2. The maximum atomic E-state index is 12.7. The van der Waals surface area contributed by atoms with E-state index < -0.39 is 11.2 Å². The first-order chi connectivity index (χ1) is 18.5. The van der Waals surface area contributed by atoms with Crippen LogP contribution in [0.3, 0.4) is 0 Å². The van der Waals surface area contributed by atoms with E-state index in [1.165, 1.54) is 4.57 Å². The van der Waals surface area contributed by atoms with Crippen molar-refractivity contribution in [1.82, 2.24) is 24.7 Å². The molecule has 0 spiro atoms. The predicted octanol–water partition coefficient (Wildman–Crippen LogP) is 0.630. The first-order valence-electron chi connectivity index (χ1n) is 13.4. The van der Waals surface area contributed by atoms with E-state index in [2.05, 4.69) is 15.6 Å². The average molecular weight is 541 g/mol. The molecule has 1 aliphatic heterocycles. The van der Waals surface area contributed by atoms with Crippen LogP contribution in [0.1, 0.15) is 38.7 Å². The molecule has 2 aromatic rings. The third-order valence-corrected chi connectivity index (χ3v) is 7.40. The molecule has 0 radical (unpaired) electrons. The molecule has 4 rings (SSSR count). The first kappa shape index (κ1) is 28.7. The fourth-order valence-electron chi connectivity index (χ4n) is 5.02. The van der Waals surface area contributed by atoms with Gasteiger partial charge in [0.15, 0.2) is 0 Å². The van der Waals surface area contributed by atoms with Crippen molar-refractivity contribution in [3.63, 3.8) is 0 Å². The first-order valence-corrected chi connectivity index (χ1v) is 13.4. The van der Waals surface area contributed by atoms with Crippen LogP contribution in [0.15, 0.2) is 41.3 Å². The van der Waals surface area contributed by atoms with Gasteiger partial charge in [-0.15, -0.1) is 0 Å². The highest BCUT2D eigenvalue weighted by atomic mass is 16.5. The van der Waals surface area contributed by atoms with Crippen LogP contribution in [-0.2, 0) is 16.1 Å². The molecule has 3 unspecified atom stereocenters. The third-order valence-electron chi connectivity index (χ3n) is 7.40. The zero-order valence-corrected chi connectivity index (χ0v) is 22.9. The molecule has 1 saturated heterocycles. The van der Waals surface area contributed by atoms with Gasteiger partial charge in [-0.05, 0) is 56.9 Å². The smallest absolute Gasteiger partial charge is 0.354 e. The van der Waals surface area contributed by atoms with Crippen LogP contribution in [-0.4, -0.2) is 88.3 Å². The lowest BCUT2D eigenvalue weighted by Gasteiger charge is -2.37. The van der Waals surface area contributed by atoms with Crippen LogP contribution in [0.4, 0.5) is 10.6 Å². The monoisotopic (exact) mass is 540 g/mol. The van der Waals surface area contributed by atoms with Crippen molar-refractivity contribution in [2.75, 3.05) is 38.6 Å². The van der Waals surface area contributed by atoms with Crippen molar-refractivity contribution in [2.45, 2.75) is 63.4 Å². The molecule has 12 heteroatoms. The van der Waals surface area contributed by atoms with Crippen molar-refractivity contribution in [1.29, 1.82) is 0 Å². The average Bonchev–Trinajstić information content (AvgIpc) is 2.92. The molecular weight excluding hydrogens is 500 g/mol. The number of carbonyl (C=O) groups excluding carboxylic acids is 2. The molecule has 212 valence electrons. The van der Waals surface area contributed by atoms with E-state index >= 15 is 0 Å². The fraction of sp³-hybridized carbons (Fsp3) is 0.556. The number of aromatic nitrogens is 2. The number of amides is 3. The van der Waals surface area contributed by atoms with E-state index in [9.17, 15) is 14.4 Å². The molecule has 2 fully saturated rings. The summed E-state index contributed by atoms with van der Waals surface area (Å²) in [6, 6.07) is 9.36. The summed E-state index contributed by atoms with van der Waals surface area (Å²) in [4.78, 5) is 45.0. The summed E-state index contributed by atoms with van der Waals surface area (Å²) >= 11 is 0. The number of anilines is 1. The highest BCUT2D eigenvalue weighted by Crippen LogP contribution is 2.20. The number of carbonyl (C=O) groups is 2. The van der Waals surface area contributed by atoms with E-state index in [4.69, 9.17) is 16.2 Å². The van der Waals surface area contributed by atoms with Crippen molar-refractivity contribution in [2.24, 2.45) is 11.5 Å². The second-order valence-corrected chi connectivity index (χ2v) is 10.9. The minimum Gasteiger partial charge on any atom is -0.380 e. The number of hydrogen-bond acceptors (Lipinski definition) is 8. The van der Waals surface area contributed by atoms with Gasteiger partial charge >= 0.3 is 11.7 Å². The molecule has 0 bridgehead atoms. The molecule has 3 atom stereocenters. The molecule has 2 aliphatic rings. The summed E-state index contributed by atoms with van der Waals surface area (Å²) < 4.78 is 6.93. The summed E-state index contributed by atoms with van der Waals surface area (Å²) in [5, 5.41) is 6.26. The number of hydrogen-bond donors (Lipinski definition) is 4. The molecule has 3 amide bonds. The normalized spacial score (nSPS) is 22.0. The van der Waals surface area contributed by atoms with E-state index in [1.807, 2.05) is 24.3 Å². The largest absolute Gasteiger partial charge is 0.380 e. The van der Waals surface area contributed by atoms with Gasteiger partial charge in [0.05, 0.1) is 17.3 Å². The zero-order chi connectivity index (χ0) is 28.2. The Morgan fingerprint density at radius 1 is 1.08 bits per heavy atom. The summed E-state index contributed by atoms with van der Waals surface area (Å²) in [5.41, 5.74) is 12.3.